The van der Waals surface area contributed by atoms with E-state index in [1.54, 1.807) is 7.11 Å². The Kier molecular flexibility index (Phi) is 7.20. The van der Waals surface area contributed by atoms with Gasteiger partial charge in [-0.25, -0.2) is 0 Å². The minimum Gasteiger partial charge on any atom is -0.385 e. The number of rotatable bonds is 9. The van der Waals surface area contributed by atoms with Crippen molar-refractivity contribution in [2.45, 2.75) is 65.2 Å². The Bertz CT molecular complexity index is 310. The molecule has 0 N–H and O–H groups in total. The molecule has 116 valence electrons. The number of imide groups is 1. The van der Waals surface area contributed by atoms with Gasteiger partial charge in [-0.1, -0.05) is 39.5 Å². The molecule has 0 aromatic heterocycles. The van der Waals surface area contributed by atoms with Crippen molar-refractivity contribution in [2.24, 2.45) is 5.41 Å². The molecule has 2 amide bonds. The van der Waals surface area contributed by atoms with Crippen LogP contribution in [0.3, 0.4) is 0 Å². The molecule has 1 aliphatic rings. The predicted molar refractivity (Wildman–Crippen MR) is 79.3 cm³/mol. The monoisotopic (exact) mass is 283 g/mol. The van der Waals surface area contributed by atoms with E-state index in [-0.39, 0.29) is 17.2 Å². The van der Waals surface area contributed by atoms with Crippen LogP contribution in [0.4, 0.5) is 0 Å². The van der Waals surface area contributed by atoms with E-state index in [0.29, 0.717) is 26.0 Å². The van der Waals surface area contributed by atoms with Crippen molar-refractivity contribution in [1.82, 2.24) is 4.90 Å². The highest BCUT2D eigenvalue weighted by Gasteiger charge is 2.39. The van der Waals surface area contributed by atoms with Crippen molar-refractivity contribution >= 4 is 11.8 Å². The summed E-state index contributed by atoms with van der Waals surface area (Å²) >= 11 is 0. The van der Waals surface area contributed by atoms with Crippen LogP contribution in [0.2, 0.25) is 0 Å². The number of unbranched alkanes of at least 4 members (excludes halogenated alkanes) is 3. The number of piperidine rings is 1. The number of ether oxygens (including phenoxy) is 1. The number of nitrogens with zero attached hydrogens (tertiary/aromatic N) is 1. The smallest absolute Gasteiger partial charge is 0.229 e. The fraction of sp³-hybridized carbons (Fsp3) is 0.875. The molecule has 1 fully saturated rings. The summed E-state index contributed by atoms with van der Waals surface area (Å²) in [7, 11) is 1.63. The molecule has 1 rings (SSSR count). The molecule has 0 spiro atoms. The summed E-state index contributed by atoms with van der Waals surface area (Å²) in [6, 6.07) is 0. The van der Waals surface area contributed by atoms with Gasteiger partial charge < -0.3 is 4.74 Å². The lowest BCUT2D eigenvalue weighted by Gasteiger charge is -2.37. The summed E-state index contributed by atoms with van der Waals surface area (Å²) in [5, 5.41) is 0. The molecular weight excluding hydrogens is 254 g/mol. The highest BCUT2D eigenvalue weighted by molar-refractivity contribution is 5.98. The zero-order valence-electron chi connectivity index (χ0n) is 13.2. The maximum absolute atomic E-state index is 12.2. The van der Waals surface area contributed by atoms with Gasteiger partial charge in [-0.2, -0.15) is 0 Å². The third-order valence-corrected chi connectivity index (χ3v) is 4.12. The molecule has 4 nitrogen and oxygen atoms in total. The molecule has 0 bridgehead atoms. The van der Waals surface area contributed by atoms with E-state index in [9.17, 15) is 9.59 Å². The fourth-order valence-corrected chi connectivity index (χ4v) is 2.89. The summed E-state index contributed by atoms with van der Waals surface area (Å²) < 4.78 is 4.97. The average Bonchev–Trinajstić information content (AvgIpc) is 2.38. The van der Waals surface area contributed by atoms with Crippen molar-refractivity contribution in [3.8, 4) is 0 Å². The number of likely N-dealkylation sites (tertiary alicyclic amines) is 1. The van der Waals surface area contributed by atoms with Crippen LogP contribution in [0.5, 0.6) is 0 Å². The average molecular weight is 283 g/mol. The van der Waals surface area contributed by atoms with Gasteiger partial charge in [0, 0.05) is 33.1 Å². The van der Waals surface area contributed by atoms with E-state index in [4.69, 9.17) is 4.74 Å². The Morgan fingerprint density at radius 2 is 1.75 bits per heavy atom. The number of hydrogen-bond acceptors (Lipinski definition) is 3. The Morgan fingerprint density at radius 1 is 1.10 bits per heavy atom. The minimum absolute atomic E-state index is 0.00431. The van der Waals surface area contributed by atoms with Gasteiger partial charge in [-0.05, 0) is 18.3 Å². The predicted octanol–water partition coefficient (Wildman–Crippen LogP) is 3.15. The third kappa shape index (κ3) is 5.23. The van der Waals surface area contributed by atoms with Crippen molar-refractivity contribution in [3.05, 3.63) is 0 Å². The van der Waals surface area contributed by atoms with Gasteiger partial charge in [0.15, 0.2) is 0 Å². The molecule has 1 saturated heterocycles. The first kappa shape index (κ1) is 17.2. The molecule has 4 heteroatoms. The second-order valence-electron chi connectivity index (χ2n) is 6.26. The summed E-state index contributed by atoms with van der Waals surface area (Å²) in [6.07, 6.45) is 7.50. The SMILES string of the molecule is CCCCCCC1(C)CC(=O)N(CCCOC)C(=O)C1. The molecular formula is C16H29NO3. The first-order valence-electron chi connectivity index (χ1n) is 7.84. The molecule has 0 aromatic carbocycles. The van der Waals surface area contributed by atoms with E-state index in [2.05, 4.69) is 13.8 Å². The molecule has 0 unspecified atom stereocenters. The normalized spacial score (nSPS) is 18.6. The summed E-state index contributed by atoms with van der Waals surface area (Å²) in [5.41, 5.74) is -0.125. The first-order chi connectivity index (χ1) is 9.52. The lowest BCUT2D eigenvalue weighted by Crippen LogP contribution is -2.47. The molecule has 1 aliphatic heterocycles. The van der Waals surface area contributed by atoms with E-state index >= 15 is 0 Å². The van der Waals surface area contributed by atoms with Crippen LogP contribution in [0, 0.1) is 5.41 Å². The van der Waals surface area contributed by atoms with Crippen LogP contribution in [0.1, 0.15) is 65.2 Å². The maximum atomic E-state index is 12.2. The first-order valence-corrected chi connectivity index (χ1v) is 7.84. The molecule has 0 saturated carbocycles. The van der Waals surface area contributed by atoms with Crippen LogP contribution in [0.25, 0.3) is 0 Å². The number of amides is 2. The van der Waals surface area contributed by atoms with Gasteiger partial charge in [0.2, 0.25) is 11.8 Å². The lowest BCUT2D eigenvalue weighted by molar-refractivity contribution is -0.153. The highest BCUT2D eigenvalue weighted by Crippen LogP contribution is 2.37. The Hall–Kier alpha value is -0.900. The number of carbonyl (C=O) groups excluding carboxylic acids is 2. The molecule has 20 heavy (non-hydrogen) atoms. The van der Waals surface area contributed by atoms with Crippen LogP contribution in [-0.2, 0) is 14.3 Å². The van der Waals surface area contributed by atoms with Gasteiger partial charge in [-0.15, -0.1) is 0 Å². The Balaban J connectivity index is 2.45. The van der Waals surface area contributed by atoms with Crippen LogP contribution in [-0.4, -0.2) is 37.0 Å². The van der Waals surface area contributed by atoms with Crippen molar-refractivity contribution in [2.75, 3.05) is 20.3 Å². The standard InChI is InChI=1S/C16H29NO3/c1-4-5-6-7-9-16(2)12-14(18)17(15(19)13-16)10-8-11-20-3/h4-13H2,1-3H3. The van der Waals surface area contributed by atoms with E-state index < -0.39 is 0 Å². The van der Waals surface area contributed by atoms with Crippen LogP contribution in [0.15, 0.2) is 0 Å². The number of hydrogen-bond donors (Lipinski definition) is 0. The van der Waals surface area contributed by atoms with Crippen molar-refractivity contribution < 1.29 is 14.3 Å². The van der Waals surface area contributed by atoms with Gasteiger partial charge in [0.05, 0.1) is 0 Å². The quantitative estimate of drug-likeness (QED) is 0.482. The largest absolute Gasteiger partial charge is 0.385 e. The second-order valence-corrected chi connectivity index (χ2v) is 6.26. The second kappa shape index (κ2) is 8.40. The van der Waals surface area contributed by atoms with Crippen molar-refractivity contribution in [1.29, 1.82) is 0 Å². The van der Waals surface area contributed by atoms with Crippen LogP contribution >= 0.6 is 0 Å². The zero-order chi connectivity index (χ0) is 15.0. The Labute approximate surface area is 122 Å². The lowest BCUT2D eigenvalue weighted by atomic mass is 9.75. The van der Waals surface area contributed by atoms with Crippen molar-refractivity contribution in [3.63, 3.8) is 0 Å². The fourth-order valence-electron chi connectivity index (χ4n) is 2.89. The third-order valence-electron chi connectivity index (χ3n) is 4.12. The molecule has 0 aliphatic carbocycles. The van der Waals surface area contributed by atoms with E-state index in [0.717, 1.165) is 19.3 Å². The molecule has 0 aromatic rings. The van der Waals surface area contributed by atoms with Gasteiger partial charge in [-0.3, -0.25) is 14.5 Å². The molecule has 0 radical (unpaired) electrons. The van der Waals surface area contributed by atoms with Crippen LogP contribution < -0.4 is 0 Å². The summed E-state index contributed by atoms with van der Waals surface area (Å²) in [6.45, 7) is 5.36. The number of methoxy groups -OCH3 is 1. The molecule has 0 atom stereocenters. The van der Waals surface area contributed by atoms with E-state index in [1.807, 2.05) is 0 Å². The van der Waals surface area contributed by atoms with Gasteiger partial charge >= 0.3 is 0 Å². The number of carbonyl (C=O) groups is 2. The summed E-state index contributed by atoms with van der Waals surface area (Å²) in [4.78, 5) is 25.8. The minimum atomic E-state index is -0.125. The zero-order valence-corrected chi connectivity index (χ0v) is 13.2. The van der Waals surface area contributed by atoms with Gasteiger partial charge in [0.1, 0.15) is 0 Å². The Morgan fingerprint density at radius 3 is 2.30 bits per heavy atom. The highest BCUT2D eigenvalue weighted by atomic mass is 16.5. The summed E-state index contributed by atoms with van der Waals surface area (Å²) in [5.74, 6) is -0.00862. The van der Waals surface area contributed by atoms with Gasteiger partial charge in [0.25, 0.3) is 0 Å². The topological polar surface area (TPSA) is 46.6 Å². The molecule has 1 heterocycles. The maximum Gasteiger partial charge on any atom is 0.229 e. The van der Waals surface area contributed by atoms with E-state index in [1.165, 1.54) is 24.2 Å².